The molecule has 0 unspecified atom stereocenters. The molecule has 0 aliphatic carbocycles. The van der Waals surface area contributed by atoms with Gasteiger partial charge in [0, 0.05) is 33.5 Å². The van der Waals surface area contributed by atoms with Crippen molar-refractivity contribution in [2.24, 2.45) is 0 Å². The van der Waals surface area contributed by atoms with Crippen LogP contribution >= 0.6 is 23.2 Å². The molecule has 0 spiro atoms. The topological polar surface area (TPSA) is 34.9 Å². The highest BCUT2D eigenvalue weighted by molar-refractivity contribution is 6.36. The number of Topliss-reactive ketones (excluding diaryl/α,β-unsaturated/α-hetero) is 1. The maximum Gasteiger partial charge on any atom is 0.330 e. The lowest BCUT2D eigenvalue weighted by molar-refractivity contribution is -0.141. The Hall–Kier alpha value is -1.98. The third kappa shape index (κ3) is 3.14. The van der Waals surface area contributed by atoms with Crippen molar-refractivity contribution < 1.29 is 13.6 Å². The standard InChI is InChI=1S/C18H14Cl2F2N2O/c1-10-13-7-6-12(18(21,22)11(2)25)8-17(13)24(23-10)9-14-15(19)4-3-5-16(14)20/h3-8H,9H2,1-2H3. The first kappa shape index (κ1) is 17.8. The molecule has 7 heteroatoms. The highest BCUT2D eigenvalue weighted by Gasteiger charge is 2.37. The van der Waals surface area contributed by atoms with Crippen molar-refractivity contribution in [3.63, 3.8) is 0 Å². The SMILES string of the molecule is CC(=O)C(F)(F)c1ccc2c(C)nn(Cc3c(Cl)cccc3Cl)c2c1. The fourth-order valence-electron chi connectivity index (χ4n) is 2.69. The number of halogens is 4. The van der Waals surface area contributed by atoms with Crippen molar-refractivity contribution in [3.8, 4) is 0 Å². The Morgan fingerprint density at radius 1 is 1.20 bits per heavy atom. The van der Waals surface area contributed by atoms with Crippen LogP contribution in [0.15, 0.2) is 36.4 Å². The van der Waals surface area contributed by atoms with Crippen LogP contribution in [0.3, 0.4) is 0 Å². The van der Waals surface area contributed by atoms with Crippen LogP contribution in [0.5, 0.6) is 0 Å². The van der Waals surface area contributed by atoms with Gasteiger partial charge in [0.2, 0.25) is 5.78 Å². The van der Waals surface area contributed by atoms with E-state index in [2.05, 4.69) is 5.10 Å². The predicted molar refractivity (Wildman–Crippen MR) is 94.6 cm³/mol. The van der Waals surface area contributed by atoms with E-state index in [1.807, 2.05) is 0 Å². The molecule has 1 aromatic heterocycles. The van der Waals surface area contributed by atoms with Crippen LogP contribution < -0.4 is 0 Å². The molecule has 130 valence electrons. The van der Waals surface area contributed by atoms with Crippen LogP contribution in [-0.2, 0) is 17.3 Å². The second-order valence-corrected chi connectivity index (χ2v) is 6.62. The van der Waals surface area contributed by atoms with Gasteiger partial charge >= 0.3 is 5.92 Å². The number of ketones is 1. The van der Waals surface area contributed by atoms with Gasteiger partial charge in [-0.2, -0.15) is 13.9 Å². The molecule has 1 heterocycles. The van der Waals surface area contributed by atoms with Crippen LogP contribution in [0.2, 0.25) is 10.0 Å². The van der Waals surface area contributed by atoms with Crippen LogP contribution in [0.25, 0.3) is 10.9 Å². The molecular formula is C18H14Cl2F2N2O. The Labute approximate surface area is 153 Å². The molecule has 0 radical (unpaired) electrons. The third-order valence-electron chi connectivity index (χ3n) is 4.11. The first-order valence-electron chi connectivity index (χ1n) is 7.51. The highest BCUT2D eigenvalue weighted by atomic mass is 35.5. The van der Waals surface area contributed by atoms with E-state index >= 15 is 0 Å². The minimum atomic E-state index is -3.54. The van der Waals surface area contributed by atoms with E-state index in [0.717, 1.165) is 12.3 Å². The lowest BCUT2D eigenvalue weighted by Gasteiger charge is -2.14. The van der Waals surface area contributed by atoms with Crippen molar-refractivity contribution in [3.05, 3.63) is 63.3 Å². The minimum Gasteiger partial charge on any atom is -0.293 e. The fourth-order valence-corrected chi connectivity index (χ4v) is 3.21. The van der Waals surface area contributed by atoms with Gasteiger partial charge in [0.25, 0.3) is 0 Å². The van der Waals surface area contributed by atoms with Crippen molar-refractivity contribution >= 4 is 39.9 Å². The summed E-state index contributed by atoms with van der Waals surface area (Å²) < 4.78 is 29.7. The molecule has 25 heavy (non-hydrogen) atoms. The lowest BCUT2D eigenvalue weighted by Crippen LogP contribution is -2.23. The summed E-state index contributed by atoms with van der Waals surface area (Å²) in [7, 11) is 0. The van der Waals surface area contributed by atoms with E-state index < -0.39 is 11.7 Å². The summed E-state index contributed by atoms with van der Waals surface area (Å²) in [5.41, 5.74) is 1.47. The van der Waals surface area contributed by atoms with Gasteiger partial charge in [-0.15, -0.1) is 0 Å². The zero-order chi connectivity index (χ0) is 18.4. The summed E-state index contributed by atoms with van der Waals surface area (Å²) in [5, 5.41) is 6.08. The van der Waals surface area contributed by atoms with Crippen LogP contribution in [0.4, 0.5) is 8.78 Å². The Morgan fingerprint density at radius 3 is 2.44 bits per heavy atom. The largest absolute Gasteiger partial charge is 0.330 e. The number of benzene rings is 2. The van der Waals surface area contributed by atoms with Crippen molar-refractivity contribution in [2.75, 3.05) is 0 Å². The smallest absolute Gasteiger partial charge is 0.293 e. The number of nitrogens with zero attached hydrogens (tertiary/aromatic N) is 2. The molecule has 0 saturated heterocycles. The minimum absolute atomic E-state index is 0.234. The molecule has 0 N–H and O–H groups in total. The number of fused-ring (bicyclic) bond motifs is 1. The maximum absolute atomic E-state index is 14.1. The zero-order valence-electron chi connectivity index (χ0n) is 13.5. The fraction of sp³-hybridized carbons (Fsp3) is 0.222. The molecule has 3 nitrogen and oxygen atoms in total. The quantitative estimate of drug-likeness (QED) is 0.606. The molecule has 3 aromatic rings. The van der Waals surface area contributed by atoms with E-state index in [1.165, 1.54) is 12.1 Å². The van der Waals surface area contributed by atoms with Crippen LogP contribution in [0, 0.1) is 6.92 Å². The summed E-state index contributed by atoms with van der Waals surface area (Å²) >= 11 is 12.4. The van der Waals surface area contributed by atoms with Gasteiger partial charge in [0.1, 0.15) is 0 Å². The number of hydrogen-bond donors (Lipinski definition) is 0. The number of carbonyl (C=O) groups is 1. The molecule has 3 rings (SSSR count). The zero-order valence-corrected chi connectivity index (χ0v) is 15.0. The lowest BCUT2D eigenvalue weighted by atomic mass is 10.0. The van der Waals surface area contributed by atoms with Gasteiger partial charge in [-0.1, -0.05) is 41.4 Å². The Balaban J connectivity index is 2.14. The first-order chi connectivity index (χ1) is 11.7. The second-order valence-electron chi connectivity index (χ2n) is 5.81. The molecule has 0 fully saturated rings. The van der Waals surface area contributed by atoms with Gasteiger partial charge in [-0.3, -0.25) is 9.48 Å². The Morgan fingerprint density at radius 2 is 1.84 bits per heavy atom. The van der Waals surface area contributed by atoms with E-state index in [-0.39, 0.29) is 12.1 Å². The van der Waals surface area contributed by atoms with Crippen molar-refractivity contribution in [1.29, 1.82) is 0 Å². The van der Waals surface area contributed by atoms with E-state index in [1.54, 1.807) is 35.9 Å². The maximum atomic E-state index is 14.1. The number of aryl methyl sites for hydroxylation is 1. The normalized spacial score (nSPS) is 11.9. The number of aromatic nitrogens is 2. The Bertz CT molecular complexity index is 962. The molecular weight excluding hydrogens is 369 g/mol. The van der Waals surface area contributed by atoms with Crippen molar-refractivity contribution in [2.45, 2.75) is 26.3 Å². The van der Waals surface area contributed by atoms with Gasteiger partial charge in [-0.25, -0.2) is 0 Å². The summed E-state index contributed by atoms with van der Waals surface area (Å²) in [6.07, 6.45) is 0. The summed E-state index contributed by atoms with van der Waals surface area (Å²) in [5.74, 6) is -4.75. The number of carbonyl (C=O) groups excluding carboxylic acids is 1. The molecule has 0 aliphatic heterocycles. The second kappa shape index (κ2) is 6.39. The van der Waals surface area contributed by atoms with E-state index in [9.17, 15) is 13.6 Å². The molecule has 2 aromatic carbocycles. The Kier molecular flexibility index (Phi) is 4.56. The number of hydrogen-bond acceptors (Lipinski definition) is 2. The van der Waals surface area contributed by atoms with Crippen LogP contribution in [0.1, 0.15) is 23.7 Å². The third-order valence-corrected chi connectivity index (χ3v) is 4.82. The molecule has 0 saturated carbocycles. The van der Waals surface area contributed by atoms with Crippen LogP contribution in [-0.4, -0.2) is 15.6 Å². The number of alkyl halides is 2. The van der Waals surface area contributed by atoms with Gasteiger partial charge < -0.3 is 0 Å². The summed E-state index contributed by atoms with van der Waals surface area (Å²) in [6.45, 7) is 2.89. The molecule has 0 amide bonds. The summed E-state index contributed by atoms with van der Waals surface area (Å²) in [6, 6.07) is 9.24. The van der Waals surface area contributed by atoms with Gasteiger partial charge in [-0.05, 0) is 25.1 Å². The predicted octanol–water partition coefficient (Wildman–Crippen LogP) is 5.38. The van der Waals surface area contributed by atoms with Gasteiger partial charge in [0.15, 0.2) is 0 Å². The summed E-state index contributed by atoms with van der Waals surface area (Å²) in [4.78, 5) is 11.3. The first-order valence-corrected chi connectivity index (χ1v) is 8.27. The molecule has 0 atom stereocenters. The average Bonchev–Trinajstić information content (AvgIpc) is 2.86. The van der Waals surface area contributed by atoms with E-state index in [4.69, 9.17) is 23.2 Å². The average molecular weight is 383 g/mol. The monoisotopic (exact) mass is 382 g/mol. The van der Waals surface area contributed by atoms with Crippen molar-refractivity contribution in [1.82, 2.24) is 9.78 Å². The van der Waals surface area contributed by atoms with E-state index in [0.29, 0.717) is 26.8 Å². The molecule has 0 aliphatic rings. The number of rotatable bonds is 4. The molecule has 0 bridgehead atoms. The van der Waals surface area contributed by atoms with Gasteiger partial charge in [0.05, 0.1) is 17.8 Å². The highest BCUT2D eigenvalue weighted by Crippen LogP contribution is 2.33.